The molecule has 1 heterocycles. The molecule has 2 atom stereocenters. The van der Waals surface area contributed by atoms with Crippen LogP contribution in [0.2, 0.25) is 0 Å². The first-order valence-corrected chi connectivity index (χ1v) is 6.45. The van der Waals surface area contributed by atoms with Crippen LogP contribution in [0.3, 0.4) is 0 Å². The molecule has 1 fully saturated rings. The average molecular weight is 288 g/mol. The minimum absolute atomic E-state index is 0.0241. The zero-order valence-electron chi connectivity index (χ0n) is 10.7. The number of carbonyl (C=O) groups excluding carboxylic acids is 1. The lowest BCUT2D eigenvalue weighted by atomic mass is 9.84. The Morgan fingerprint density at radius 3 is 2.60 bits per heavy atom. The summed E-state index contributed by atoms with van der Waals surface area (Å²) in [5.41, 5.74) is -0.488. The zero-order chi connectivity index (χ0) is 14.8. The maximum atomic E-state index is 12.9. The lowest BCUT2D eigenvalue weighted by Gasteiger charge is -2.33. The first kappa shape index (κ1) is 14.6. The van der Waals surface area contributed by atoms with Crippen molar-refractivity contribution < 1.29 is 18.0 Å². The van der Waals surface area contributed by atoms with E-state index in [2.05, 4.69) is 10.3 Å². The fourth-order valence-electron chi connectivity index (χ4n) is 2.52. The summed E-state index contributed by atoms with van der Waals surface area (Å²) in [6.07, 6.45) is -2.82. The number of rotatable bonds is 2. The number of pyridine rings is 1. The number of halogens is 3. The van der Waals surface area contributed by atoms with Gasteiger partial charge in [0.2, 0.25) is 5.56 Å². The van der Waals surface area contributed by atoms with Crippen molar-refractivity contribution in [3.8, 4) is 0 Å². The van der Waals surface area contributed by atoms with E-state index in [1.807, 2.05) is 0 Å². The standard InChI is InChI=1S/C13H15F3N2O2/c14-13(15,16)8-4-1-2-5-9(8)18-12(20)10-6-3-7-11(19)17-10/h3,6-9H,1-2,4-5H2,(H,17,19)(H,18,20). The van der Waals surface area contributed by atoms with Crippen molar-refractivity contribution in [1.29, 1.82) is 0 Å². The second kappa shape index (κ2) is 5.68. The summed E-state index contributed by atoms with van der Waals surface area (Å²) in [6, 6.07) is 3.05. The second-order valence-electron chi connectivity index (χ2n) is 4.94. The van der Waals surface area contributed by atoms with Gasteiger partial charge in [-0.2, -0.15) is 13.2 Å². The van der Waals surface area contributed by atoms with Gasteiger partial charge in [0.1, 0.15) is 5.69 Å². The molecule has 0 radical (unpaired) electrons. The van der Waals surface area contributed by atoms with Gasteiger partial charge in [-0.25, -0.2) is 0 Å². The minimum atomic E-state index is -4.32. The Hall–Kier alpha value is -1.79. The molecule has 1 aliphatic rings. The maximum absolute atomic E-state index is 12.9. The molecule has 0 aromatic carbocycles. The number of aromatic nitrogens is 1. The van der Waals surface area contributed by atoms with E-state index >= 15 is 0 Å². The summed E-state index contributed by atoms with van der Waals surface area (Å²) < 4.78 is 38.7. The number of hydrogen-bond acceptors (Lipinski definition) is 2. The molecule has 0 bridgehead atoms. The molecule has 1 aromatic rings. The van der Waals surface area contributed by atoms with Crippen LogP contribution < -0.4 is 10.9 Å². The number of amides is 1. The van der Waals surface area contributed by atoms with Crippen molar-refractivity contribution in [2.45, 2.75) is 37.9 Å². The van der Waals surface area contributed by atoms with Crippen LogP contribution in [0.1, 0.15) is 36.2 Å². The first-order chi connectivity index (χ1) is 9.38. The first-order valence-electron chi connectivity index (χ1n) is 6.45. The number of alkyl halides is 3. The van der Waals surface area contributed by atoms with Crippen molar-refractivity contribution in [2.24, 2.45) is 5.92 Å². The molecule has 2 rings (SSSR count). The highest BCUT2D eigenvalue weighted by molar-refractivity contribution is 5.92. The highest BCUT2D eigenvalue weighted by Gasteiger charge is 2.46. The van der Waals surface area contributed by atoms with E-state index in [0.717, 1.165) is 0 Å². The lowest BCUT2D eigenvalue weighted by Crippen LogP contribution is -2.48. The van der Waals surface area contributed by atoms with Crippen LogP contribution in [-0.2, 0) is 0 Å². The van der Waals surface area contributed by atoms with E-state index in [0.29, 0.717) is 19.3 Å². The molecular formula is C13H15F3N2O2. The Kier molecular flexibility index (Phi) is 4.15. The van der Waals surface area contributed by atoms with Crippen LogP contribution in [0.5, 0.6) is 0 Å². The van der Waals surface area contributed by atoms with E-state index in [1.54, 1.807) is 0 Å². The molecule has 1 aliphatic carbocycles. The number of H-pyrrole nitrogens is 1. The summed E-state index contributed by atoms with van der Waals surface area (Å²) in [5, 5.41) is 2.39. The Labute approximate surface area is 113 Å². The quantitative estimate of drug-likeness (QED) is 0.876. The highest BCUT2D eigenvalue weighted by atomic mass is 19.4. The van der Waals surface area contributed by atoms with Crippen LogP contribution >= 0.6 is 0 Å². The van der Waals surface area contributed by atoms with Gasteiger partial charge in [-0.05, 0) is 18.9 Å². The Balaban J connectivity index is 2.11. The largest absolute Gasteiger partial charge is 0.393 e. The number of hydrogen-bond donors (Lipinski definition) is 2. The summed E-state index contributed by atoms with van der Waals surface area (Å²) >= 11 is 0. The predicted octanol–water partition coefficient (Wildman–Crippen LogP) is 2.23. The third-order valence-electron chi connectivity index (χ3n) is 3.52. The molecular weight excluding hydrogens is 273 g/mol. The molecule has 2 N–H and O–H groups in total. The van der Waals surface area contributed by atoms with Crippen LogP contribution in [0.25, 0.3) is 0 Å². The molecule has 0 aliphatic heterocycles. The SMILES string of the molecule is O=C(NC1CCCCC1C(F)(F)F)c1cccc(=O)[nH]1. The molecule has 110 valence electrons. The summed E-state index contributed by atoms with van der Waals surface area (Å²) in [6.45, 7) is 0. The van der Waals surface area contributed by atoms with Gasteiger partial charge in [0.25, 0.3) is 5.91 Å². The predicted molar refractivity (Wildman–Crippen MR) is 66.3 cm³/mol. The van der Waals surface area contributed by atoms with Crippen LogP contribution in [0.15, 0.2) is 23.0 Å². The molecule has 1 amide bonds. The van der Waals surface area contributed by atoms with Gasteiger partial charge in [0.05, 0.1) is 5.92 Å². The van der Waals surface area contributed by atoms with Gasteiger partial charge >= 0.3 is 6.18 Å². The van der Waals surface area contributed by atoms with Crippen LogP contribution in [-0.4, -0.2) is 23.1 Å². The molecule has 20 heavy (non-hydrogen) atoms. The Morgan fingerprint density at radius 1 is 1.25 bits per heavy atom. The van der Waals surface area contributed by atoms with Crippen LogP contribution in [0, 0.1) is 5.92 Å². The van der Waals surface area contributed by atoms with E-state index in [9.17, 15) is 22.8 Å². The normalized spacial score (nSPS) is 23.4. The van der Waals surface area contributed by atoms with E-state index in [-0.39, 0.29) is 12.1 Å². The van der Waals surface area contributed by atoms with E-state index < -0.39 is 29.6 Å². The minimum Gasteiger partial charge on any atom is -0.347 e. The Morgan fingerprint density at radius 2 is 1.95 bits per heavy atom. The van der Waals surface area contributed by atoms with E-state index in [4.69, 9.17) is 0 Å². The number of carbonyl (C=O) groups is 1. The third-order valence-corrected chi connectivity index (χ3v) is 3.52. The second-order valence-corrected chi connectivity index (χ2v) is 4.94. The van der Waals surface area contributed by atoms with Crippen molar-refractivity contribution in [3.63, 3.8) is 0 Å². The molecule has 1 aromatic heterocycles. The van der Waals surface area contributed by atoms with Gasteiger partial charge < -0.3 is 10.3 Å². The van der Waals surface area contributed by atoms with Crippen molar-refractivity contribution in [3.05, 3.63) is 34.2 Å². The maximum Gasteiger partial charge on any atom is 0.393 e. The molecule has 2 unspecified atom stereocenters. The number of nitrogens with one attached hydrogen (secondary N) is 2. The van der Waals surface area contributed by atoms with Gasteiger partial charge in [0.15, 0.2) is 0 Å². The van der Waals surface area contributed by atoms with Crippen LogP contribution in [0.4, 0.5) is 13.2 Å². The summed E-state index contributed by atoms with van der Waals surface area (Å²) in [5.74, 6) is -2.19. The molecule has 0 saturated heterocycles. The van der Waals surface area contributed by atoms with Crippen molar-refractivity contribution in [1.82, 2.24) is 10.3 Å². The Bertz CT molecular complexity index is 539. The van der Waals surface area contributed by atoms with Crippen molar-refractivity contribution >= 4 is 5.91 Å². The molecule has 4 nitrogen and oxygen atoms in total. The van der Waals surface area contributed by atoms with Gasteiger partial charge in [0, 0.05) is 12.1 Å². The van der Waals surface area contributed by atoms with Crippen molar-refractivity contribution in [2.75, 3.05) is 0 Å². The smallest absolute Gasteiger partial charge is 0.347 e. The molecule has 7 heteroatoms. The highest BCUT2D eigenvalue weighted by Crippen LogP contribution is 2.37. The summed E-state index contributed by atoms with van der Waals surface area (Å²) in [7, 11) is 0. The monoisotopic (exact) mass is 288 g/mol. The van der Waals surface area contributed by atoms with Gasteiger partial charge in [-0.15, -0.1) is 0 Å². The van der Waals surface area contributed by atoms with E-state index in [1.165, 1.54) is 18.2 Å². The molecule has 0 spiro atoms. The lowest BCUT2D eigenvalue weighted by molar-refractivity contribution is -0.187. The van der Waals surface area contributed by atoms with Gasteiger partial charge in [-0.3, -0.25) is 9.59 Å². The fourth-order valence-corrected chi connectivity index (χ4v) is 2.52. The average Bonchev–Trinajstić information content (AvgIpc) is 2.38. The number of aromatic amines is 1. The third kappa shape index (κ3) is 3.40. The topological polar surface area (TPSA) is 62.0 Å². The fraction of sp³-hybridized carbons (Fsp3) is 0.538. The van der Waals surface area contributed by atoms with Gasteiger partial charge in [-0.1, -0.05) is 18.9 Å². The molecule has 1 saturated carbocycles. The summed E-state index contributed by atoms with van der Waals surface area (Å²) in [4.78, 5) is 25.3. The zero-order valence-corrected chi connectivity index (χ0v) is 10.7.